The van der Waals surface area contributed by atoms with Crippen molar-refractivity contribution >= 4 is 5.78 Å². The first-order valence-corrected chi connectivity index (χ1v) is 7.07. The van der Waals surface area contributed by atoms with Gasteiger partial charge in [0.25, 0.3) is 0 Å². The van der Waals surface area contributed by atoms with Crippen molar-refractivity contribution in [1.29, 1.82) is 0 Å². The van der Waals surface area contributed by atoms with Crippen LogP contribution in [0.25, 0.3) is 0 Å². The maximum Gasteiger partial charge on any atom is 0.155 e. The average Bonchev–Trinajstić information content (AvgIpc) is 2.26. The minimum Gasteiger partial charge on any atom is -0.512 e. The number of hydrogen-bond donors (Lipinski definition) is 1. The predicted molar refractivity (Wildman–Crippen MR) is 73.2 cm³/mol. The standard InChI is InChI=1S/C15H28O2/c1-3-4-5-6-7-8-9-10-11-12-15(17)13-14(2)16/h13,17H,3-12H2,1-2H3/b15-13-. The second-order valence-corrected chi connectivity index (χ2v) is 4.82. The first-order chi connectivity index (χ1) is 8.16. The molecule has 2 nitrogen and oxygen atoms in total. The monoisotopic (exact) mass is 240 g/mol. The van der Waals surface area contributed by atoms with E-state index in [0.717, 1.165) is 12.8 Å². The van der Waals surface area contributed by atoms with E-state index in [2.05, 4.69) is 6.92 Å². The number of carbonyl (C=O) groups excluding carboxylic acids is 1. The molecule has 17 heavy (non-hydrogen) atoms. The van der Waals surface area contributed by atoms with E-state index in [1.807, 2.05) is 0 Å². The molecule has 0 saturated heterocycles. The summed E-state index contributed by atoms with van der Waals surface area (Å²) in [5.74, 6) is 0.166. The van der Waals surface area contributed by atoms with Gasteiger partial charge in [0, 0.05) is 12.5 Å². The van der Waals surface area contributed by atoms with Crippen molar-refractivity contribution < 1.29 is 9.90 Å². The molecule has 0 aromatic carbocycles. The highest BCUT2D eigenvalue weighted by Gasteiger charge is 1.96. The number of aliphatic hydroxyl groups is 1. The third-order valence-electron chi connectivity index (χ3n) is 2.91. The number of ketones is 1. The molecule has 0 rings (SSSR count). The summed E-state index contributed by atoms with van der Waals surface area (Å²) in [6.45, 7) is 3.70. The molecule has 0 atom stereocenters. The Kier molecular flexibility index (Phi) is 11.1. The Balaban J connectivity index is 3.21. The van der Waals surface area contributed by atoms with Crippen molar-refractivity contribution in [2.24, 2.45) is 0 Å². The number of allylic oxidation sites excluding steroid dienone is 2. The van der Waals surface area contributed by atoms with Crippen molar-refractivity contribution in [2.75, 3.05) is 0 Å². The molecule has 0 bridgehead atoms. The lowest BCUT2D eigenvalue weighted by Gasteiger charge is -2.02. The van der Waals surface area contributed by atoms with E-state index in [-0.39, 0.29) is 11.5 Å². The van der Waals surface area contributed by atoms with E-state index >= 15 is 0 Å². The van der Waals surface area contributed by atoms with Crippen molar-refractivity contribution in [3.05, 3.63) is 11.8 Å². The zero-order chi connectivity index (χ0) is 12.9. The highest BCUT2D eigenvalue weighted by Crippen LogP contribution is 2.12. The summed E-state index contributed by atoms with van der Waals surface area (Å²) in [4.78, 5) is 10.7. The van der Waals surface area contributed by atoms with Gasteiger partial charge in [-0.1, -0.05) is 58.3 Å². The van der Waals surface area contributed by atoms with Crippen LogP contribution in [0.5, 0.6) is 0 Å². The first-order valence-electron chi connectivity index (χ1n) is 7.07. The second-order valence-electron chi connectivity index (χ2n) is 4.82. The molecule has 0 aliphatic carbocycles. The van der Waals surface area contributed by atoms with Crippen molar-refractivity contribution in [2.45, 2.75) is 78.1 Å². The molecule has 0 heterocycles. The van der Waals surface area contributed by atoms with Crippen LogP contribution in [0, 0.1) is 0 Å². The number of hydrogen-bond acceptors (Lipinski definition) is 2. The van der Waals surface area contributed by atoms with Crippen LogP contribution in [0.15, 0.2) is 11.8 Å². The van der Waals surface area contributed by atoms with Crippen molar-refractivity contribution in [1.82, 2.24) is 0 Å². The summed E-state index contributed by atoms with van der Waals surface area (Å²) in [6.07, 6.45) is 13.4. The average molecular weight is 240 g/mol. The van der Waals surface area contributed by atoms with Crippen LogP contribution in [0.2, 0.25) is 0 Å². The fourth-order valence-electron chi connectivity index (χ4n) is 1.92. The van der Waals surface area contributed by atoms with E-state index in [1.54, 1.807) is 0 Å². The number of rotatable bonds is 11. The molecule has 0 spiro atoms. The maximum atomic E-state index is 10.7. The molecule has 1 N–H and O–H groups in total. The smallest absolute Gasteiger partial charge is 0.155 e. The van der Waals surface area contributed by atoms with Crippen LogP contribution in [0.3, 0.4) is 0 Å². The highest BCUT2D eigenvalue weighted by atomic mass is 16.3. The van der Waals surface area contributed by atoms with Gasteiger partial charge in [0.05, 0.1) is 5.76 Å². The molecular weight excluding hydrogens is 212 g/mol. The van der Waals surface area contributed by atoms with Crippen LogP contribution in [-0.4, -0.2) is 10.9 Å². The zero-order valence-electron chi connectivity index (χ0n) is 11.5. The predicted octanol–water partition coefficient (Wildman–Crippen LogP) is 4.94. The molecule has 0 aliphatic heterocycles. The molecule has 0 aliphatic rings. The minimum absolute atomic E-state index is 0.0709. The summed E-state index contributed by atoms with van der Waals surface area (Å²) in [6, 6.07) is 0. The third-order valence-corrected chi connectivity index (χ3v) is 2.91. The molecule has 0 amide bonds. The second kappa shape index (κ2) is 11.7. The van der Waals surface area contributed by atoms with Gasteiger partial charge in [-0.15, -0.1) is 0 Å². The fourth-order valence-corrected chi connectivity index (χ4v) is 1.92. The van der Waals surface area contributed by atoms with Gasteiger partial charge in [-0.3, -0.25) is 4.79 Å². The summed E-state index contributed by atoms with van der Waals surface area (Å²) < 4.78 is 0. The quantitative estimate of drug-likeness (QED) is 0.315. The lowest BCUT2D eigenvalue weighted by atomic mass is 10.1. The molecular formula is C15H28O2. The summed E-state index contributed by atoms with van der Waals surface area (Å²) in [5, 5.41) is 9.36. The SMILES string of the molecule is CCCCCCCCCCC/C(O)=C/C(C)=O. The van der Waals surface area contributed by atoms with Gasteiger partial charge in [0.15, 0.2) is 5.78 Å². The van der Waals surface area contributed by atoms with Crippen LogP contribution in [0.4, 0.5) is 0 Å². The summed E-state index contributed by atoms with van der Waals surface area (Å²) in [5.41, 5.74) is 0. The summed E-state index contributed by atoms with van der Waals surface area (Å²) in [7, 11) is 0. The number of aliphatic hydroxyl groups excluding tert-OH is 1. The van der Waals surface area contributed by atoms with E-state index in [1.165, 1.54) is 57.9 Å². The van der Waals surface area contributed by atoms with Crippen molar-refractivity contribution in [3.8, 4) is 0 Å². The molecule has 0 aromatic rings. The lowest BCUT2D eigenvalue weighted by Crippen LogP contribution is -1.89. The molecule has 0 aromatic heterocycles. The normalized spacial score (nSPS) is 11.8. The first kappa shape index (κ1) is 16.2. The van der Waals surface area contributed by atoms with Crippen LogP contribution in [0.1, 0.15) is 78.1 Å². The van der Waals surface area contributed by atoms with Gasteiger partial charge in [-0.05, 0) is 13.3 Å². The Morgan fingerprint density at radius 3 is 1.88 bits per heavy atom. The Bertz CT molecular complexity index is 219. The van der Waals surface area contributed by atoms with Gasteiger partial charge in [0.2, 0.25) is 0 Å². The largest absolute Gasteiger partial charge is 0.512 e. The maximum absolute atomic E-state index is 10.7. The van der Waals surface area contributed by atoms with Gasteiger partial charge in [-0.2, -0.15) is 0 Å². The zero-order valence-corrected chi connectivity index (χ0v) is 11.5. The molecule has 2 heteroatoms. The van der Waals surface area contributed by atoms with E-state index < -0.39 is 0 Å². The number of carbonyl (C=O) groups is 1. The minimum atomic E-state index is -0.0709. The molecule has 0 unspecified atom stereocenters. The molecule has 0 saturated carbocycles. The van der Waals surface area contributed by atoms with Crippen molar-refractivity contribution in [3.63, 3.8) is 0 Å². The van der Waals surface area contributed by atoms with E-state index in [0.29, 0.717) is 6.42 Å². The molecule has 0 fully saturated rings. The van der Waals surface area contributed by atoms with E-state index in [9.17, 15) is 9.90 Å². The fraction of sp³-hybridized carbons (Fsp3) is 0.800. The van der Waals surface area contributed by atoms with Gasteiger partial charge < -0.3 is 5.11 Å². The topological polar surface area (TPSA) is 37.3 Å². The Morgan fingerprint density at radius 1 is 0.941 bits per heavy atom. The van der Waals surface area contributed by atoms with E-state index in [4.69, 9.17) is 0 Å². The Morgan fingerprint density at radius 2 is 1.41 bits per heavy atom. The highest BCUT2D eigenvalue weighted by molar-refractivity contribution is 5.87. The van der Waals surface area contributed by atoms with Crippen LogP contribution < -0.4 is 0 Å². The Labute approximate surface area is 106 Å². The van der Waals surface area contributed by atoms with Crippen LogP contribution in [-0.2, 0) is 4.79 Å². The van der Waals surface area contributed by atoms with Gasteiger partial charge in [0.1, 0.15) is 0 Å². The third kappa shape index (κ3) is 13.1. The van der Waals surface area contributed by atoms with Gasteiger partial charge >= 0.3 is 0 Å². The lowest BCUT2D eigenvalue weighted by molar-refractivity contribution is -0.112. The Hall–Kier alpha value is -0.790. The molecule has 0 radical (unpaired) electrons. The molecule has 100 valence electrons. The van der Waals surface area contributed by atoms with Gasteiger partial charge in [-0.25, -0.2) is 0 Å². The number of unbranched alkanes of at least 4 members (excludes halogenated alkanes) is 8. The summed E-state index contributed by atoms with van der Waals surface area (Å²) >= 11 is 0. The van der Waals surface area contributed by atoms with Crippen LogP contribution >= 0.6 is 0 Å².